The van der Waals surface area contributed by atoms with E-state index in [1.165, 1.54) is 64.2 Å². The maximum atomic E-state index is 6.69. The Morgan fingerprint density at radius 3 is 1.22 bits per heavy atom. The minimum atomic E-state index is 0.303. The van der Waals surface area contributed by atoms with Gasteiger partial charge in [-0.2, -0.15) is 0 Å². The predicted octanol–water partition coefficient (Wildman–Crippen LogP) is 6.99. The van der Waals surface area contributed by atoms with Crippen molar-refractivity contribution in [3.63, 3.8) is 0 Å². The first-order valence-corrected chi connectivity index (χ1v) is 10.4. The van der Waals surface area contributed by atoms with E-state index in [1.54, 1.807) is 0 Å². The van der Waals surface area contributed by atoms with Crippen molar-refractivity contribution in [3.8, 4) is 0 Å². The van der Waals surface area contributed by atoms with Crippen LogP contribution in [0.2, 0.25) is 0 Å². The molecule has 0 bridgehead atoms. The minimum Gasteiger partial charge on any atom is -0.374 e. The van der Waals surface area contributed by atoms with Gasteiger partial charge in [0.15, 0.2) is 0 Å². The summed E-state index contributed by atoms with van der Waals surface area (Å²) in [6.07, 6.45) is 14.9. The third kappa shape index (κ3) is 4.53. The largest absolute Gasteiger partial charge is 0.374 e. The van der Waals surface area contributed by atoms with Gasteiger partial charge in [-0.25, -0.2) is 0 Å². The Morgan fingerprint density at radius 1 is 0.609 bits per heavy atom. The summed E-state index contributed by atoms with van der Waals surface area (Å²) in [7, 11) is 0. The van der Waals surface area contributed by atoms with Gasteiger partial charge in [0.25, 0.3) is 0 Å². The molecule has 0 aromatic carbocycles. The van der Waals surface area contributed by atoms with E-state index in [4.69, 9.17) is 4.74 Å². The first-order chi connectivity index (χ1) is 10.8. The quantitative estimate of drug-likeness (QED) is 0.512. The van der Waals surface area contributed by atoms with E-state index >= 15 is 0 Å². The van der Waals surface area contributed by atoms with Crippen molar-refractivity contribution < 1.29 is 4.74 Å². The zero-order valence-electron chi connectivity index (χ0n) is 16.8. The lowest BCUT2D eigenvalue weighted by Gasteiger charge is -2.46. The van der Waals surface area contributed by atoms with Gasteiger partial charge in [-0.05, 0) is 62.2 Å². The molecule has 1 heteroatoms. The summed E-state index contributed by atoms with van der Waals surface area (Å²) >= 11 is 0. The fraction of sp³-hybridized carbons (Fsp3) is 1.00. The second kappa shape index (κ2) is 7.89. The molecular formula is C22H42O. The van der Waals surface area contributed by atoms with Crippen molar-refractivity contribution >= 4 is 0 Å². The first kappa shape index (κ1) is 19.3. The van der Waals surface area contributed by atoms with Gasteiger partial charge in [0, 0.05) is 0 Å². The Labute approximate surface area is 146 Å². The molecule has 2 fully saturated rings. The lowest BCUT2D eigenvalue weighted by Crippen LogP contribution is -2.44. The van der Waals surface area contributed by atoms with Crippen LogP contribution in [0.1, 0.15) is 106 Å². The summed E-state index contributed by atoms with van der Waals surface area (Å²) in [4.78, 5) is 0. The number of hydrogen-bond donors (Lipinski definition) is 0. The molecule has 2 aliphatic carbocycles. The highest BCUT2D eigenvalue weighted by Crippen LogP contribution is 2.45. The molecule has 2 unspecified atom stereocenters. The monoisotopic (exact) mass is 322 g/mol. The minimum absolute atomic E-state index is 0.303. The van der Waals surface area contributed by atoms with Crippen LogP contribution in [0.5, 0.6) is 0 Å². The molecule has 2 saturated carbocycles. The average Bonchev–Trinajstić information content (AvgIpc) is 2.56. The number of ether oxygens (including phenoxy) is 1. The molecule has 2 atom stereocenters. The van der Waals surface area contributed by atoms with Gasteiger partial charge in [0.2, 0.25) is 0 Å². The van der Waals surface area contributed by atoms with Gasteiger partial charge in [0.05, 0.1) is 12.2 Å². The zero-order chi connectivity index (χ0) is 17.1. The molecule has 0 N–H and O–H groups in total. The van der Waals surface area contributed by atoms with Crippen LogP contribution in [0, 0.1) is 22.7 Å². The summed E-state index contributed by atoms with van der Waals surface area (Å²) in [5, 5.41) is 0. The Balaban J connectivity index is 1.95. The highest BCUT2D eigenvalue weighted by atomic mass is 16.5. The zero-order valence-corrected chi connectivity index (χ0v) is 16.8. The van der Waals surface area contributed by atoms with Crippen LogP contribution >= 0.6 is 0 Å². The van der Waals surface area contributed by atoms with Crippen LogP contribution in [0.3, 0.4) is 0 Å². The summed E-state index contributed by atoms with van der Waals surface area (Å²) < 4.78 is 6.69. The van der Waals surface area contributed by atoms with E-state index in [9.17, 15) is 0 Å². The van der Waals surface area contributed by atoms with Crippen molar-refractivity contribution in [2.75, 3.05) is 0 Å². The Bertz CT molecular complexity index is 311. The van der Waals surface area contributed by atoms with Crippen molar-refractivity contribution in [1.82, 2.24) is 0 Å². The van der Waals surface area contributed by atoms with Crippen LogP contribution in [-0.4, -0.2) is 12.2 Å². The fourth-order valence-electron chi connectivity index (χ4n) is 5.01. The predicted molar refractivity (Wildman–Crippen MR) is 101 cm³/mol. The Hall–Kier alpha value is -0.0400. The molecule has 23 heavy (non-hydrogen) atoms. The lowest BCUT2D eigenvalue weighted by atomic mass is 9.67. The van der Waals surface area contributed by atoms with Crippen molar-refractivity contribution in [2.24, 2.45) is 22.7 Å². The van der Waals surface area contributed by atoms with E-state index < -0.39 is 0 Å². The van der Waals surface area contributed by atoms with Gasteiger partial charge in [0.1, 0.15) is 0 Å². The highest BCUT2D eigenvalue weighted by molar-refractivity contribution is 4.90. The molecule has 0 saturated heterocycles. The summed E-state index contributed by atoms with van der Waals surface area (Å²) in [6, 6.07) is 0. The van der Waals surface area contributed by atoms with E-state index in [0.717, 1.165) is 11.8 Å². The molecule has 136 valence electrons. The van der Waals surface area contributed by atoms with Crippen molar-refractivity contribution in [1.29, 1.82) is 0 Å². The Morgan fingerprint density at radius 2 is 0.913 bits per heavy atom. The maximum absolute atomic E-state index is 6.69. The van der Waals surface area contributed by atoms with Crippen LogP contribution in [0.25, 0.3) is 0 Å². The van der Waals surface area contributed by atoms with Crippen LogP contribution in [0.15, 0.2) is 0 Å². The van der Waals surface area contributed by atoms with E-state index in [0.29, 0.717) is 23.0 Å². The summed E-state index contributed by atoms with van der Waals surface area (Å²) in [5.41, 5.74) is 0.606. The molecule has 2 aliphatic rings. The van der Waals surface area contributed by atoms with Crippen molar-refractivity contribution in [3.05, 3.63) is 0 Å². The van der Waals surface area contributed by atoms with Crippen LogP contribution in [0.4, 0.5) is 0 Å². The molecule has 2 rings (SSSR count). The highest BCUT2D eigenvalue weighted by Gasteiger charge is 2.41. The molecule has 0 aromatic heterocycles. The molecule has 0 heterocycles. The topological polar surface area (TPSA) is 9.23 Å². The molecular weight excluding hydrogens is 280 g/mol. The molecule has 0 amide bonds. The van der Waals surface area contributed by atoms with E-state index in [2.05, 4.69) is 41.5 Å². The van der Waals surface area contributed by atoms with Gasteiger partial charge in [-0.15, -0.1) is 0 Å². The summed E-state index contributed by atoms with van der Waals surface area (Å²) in [6.45, 7) is 14.5. The standard InChI is InChI=1S/C22H42O/c1-17(21(3,4)19-13-9-7-10-14-19)23-18(2)22(5,6)20-15-11-8-12-16-20/h17-20H,7-16H2,1-6H3. The van der Waals surface area contributed by atoms with Gasteiger partial charge >= 0.3 is 0 Å². The average molecular weight is 323 g/mol. The molecule has 0 spiro atoms. The van der Waals surface area contributed by atoms with Crippen molar-refractivity contribution in [2.45, 2.75) is 118 Å². The maximum Gasteiger partial charge on any atom is 0.0604 e. The lowest BCUT2D eigenvalue weighted by molar-refractivity contribution is -0.132. The SMILES string of the molecule is CC(OC(C)C(C)(C)C1CCCCC1)C(C)(C)C1CCCCC1. The van der Waals surface area contributed by atoms with Gasteiger partial charge < -0.3 is 4.74 Å². The fourth-order valence-corrected chi connectivity index (χ4v) is 5.01. The Kier molecular flexibility index (Phi) is 6.62. The van der Waals surface area contributed by atoms with E-state index in [-0.39, 0.29) is 0 Å². The second-order valence-electron chi connectivity index (χ2n) is 9.73. The molecule has 0 aliphatic heterocycles. The van der Waals surface area contributed by atoms with Gasteiger partial charge in [-0.1, -0.05) is 66.2 Å². The second-order valence-corrected chi connectivity index (χ2v) is 9.73. The van der Waals surface area contributed by atoms with E-state index in [1.807, 2.05) is 0 Å². The normalized spacial score (nSPS) is 25.3. The smallest absolute Gasteiger partial charge is 0.0604 e. The van der Waals surface area contributed by atoms with Crippen LogP contribution < -0.4 is 0 Å². The summed E-state index contributed by atoms with van der Waals surface area (Å²) in [5.74, 6) is 1.69. The third-order valence-corrected chi connectivity index (χ3v) is 7.82. The third-order valence-electron chi connectivity index (χ3n) is 7.82. The molecule has 0 radical (unpaired) electrons. The van der Waals surface area contributed by atoms with Crippen LogP contribution in [-0.2, 0) is 4.74 Å². The number of rotatable bonds is 6. The van der Waals surface area contributed by atoms with Gasteiger partial charge in [-0.3, -0.25) is 0 Å². The molecule has 1 nitrogen and oxygen atoms in total. The number of hydrogen-bond acceptors (Lipinski definition) is 1. The first-order valence-electron chi connectivity index (χ1n) is 10.4. The molecule has 0 aromatic rings.